The zero-order chi connectivity index (χ0) is 25.9. The van der Waals surface area contributed by atoms with Crippen LogP contribution in [-0.2, 0) is 15.3 Å². The summed E-state index contributed by atoms with van der Waals surface area (Å²) in [5, 5.41) is 19.6. The number of halogens is 1. The van der Waals surface area contributed by atoms with E-state index in [1.165, 1.54) is 36.0 Å². The number of ketones is 1. The van der Waals surface area contributed by atoms with Gasteiger partial charge in [0.15, 0.2) is 4.34 Å². The molecule has 1 saturated heterocycles. The topological polar surface area (TPSA) is 106 Å². The maximum atomic E-state index is 14.0. The average Bonchev–Trinajstić information content (AvgIpc) is 3.50. The van der Waals surface area contributed by atoms with Gasteiger partial charge < -0.3 is 9.84 Å². The van der Waals surface area contributed by atoms with Gasteiger partial charge in [-0.15, -0.1) is 10.2 Å². The van der Waals surface area contributed by atoms with Crippen molar-refractivity contribution in [2.24, 2.45) is 0 Å². The highest BCUT2D eigenvalue weighted by molar-refractivity contribution is 8.00. The lowest BCUT2D eigenvalue weighted by Crippen LogP contribution is -2.29. The maximum absolute atomic E-state index is 14.0. The van der Waals surface area contributed by atoms with Crippen LogP contribution in [0.4, 0.5) is 9.52 Å². The lowest BCUT2D eigenvalue weighted by atomic mass is 9.96. The summed E-state index contributed by atoms with van der Waals surface area (Å²) in [5.41, 5.74) is 1.30. The number of rotatable bonds is 7. The van der Waals surface area contributed by atoms with E-state index in [9.17, 15) is 19.1 Å². The number of aromatic nitrogens is 3. The first kappa shape index (κ1) is 24.6. The van der Waals surface area contributed by atoms with E-state index in [1.807, 2.05) is 0 Å². The summed E-state index contributed by atoms with van der Waals surface area (Å²) in [6, 6.07) is 15.4. The van der Waals surface area contributed by atoms with Gasteiger partial charge in [-0.2, -0.15) is 0 Å². The standard InChI is InChI=1S/C26H19FN4O4S2/c1-35-18-10-8-15(9-11-18)22(32)20-21(16-6-4-12-28-13-16)31(24(34)23(20)33)25-29-30-26(37-25)36-14-17-5-2-3-7-19(17)27/h2-13,21,32H,14H2,1H3/b22-20-. The van der Waals surface area contributed by atoms with Gasteiger partial charge in [0.25, 0.3) is 5.78 Å². The van der Waals surface area contributed by atoms with Crippen molar-refractivity contribution >= 4 is 45.7 Å². The Morgan fingerprint density at radius 2 is 1.89 bits per heavy atom. The molecule has 3 heterocycles. The van der Waals surface area contributed by atoms with Crippen LogP contribution in [0.3, 0.4) is 0 Å². The molecule has 1 atom stereocenters. The molecule has 1 aliphatic rings. The van der Waals surface area contributed by atoms with Crippen molar-refractivity contribution in [1.82, 2.24) is 15.2 Å². The largest absolute Gasteiger partial charge is 0.507 e. The van der Waals surface area contributed by atoms with Gasteiger partial charge in [0.2, 0.25) is 5.13 Å². The summed E-state index contributed by atoms with van der Waals surface area (Å²) in [6.45, 7) is 0. The highest BCUT2D eigenvalue weighted by Gasteiger charge is 2.48. The third kappa shape index (κ3) is 4.83. The number of hydrogen-bond donors (Lipinski definition) is 1. The summed E-state index contributed by atoms with van der Waals surface area (Å²) < 4.78 is 19.7. The van der Waals surface area contributed by atoms with E-state index < -0.39 is 17.7 Å². The molecule has 1 unspecified atom stereocenters. The second-order valence-electron chi connectivity index (χ2n) is 7.91. The fraction of sp³-hybridized carbons (Fsp3) is 0.115. The molecule has 2 aromatic heterocycles. The van der Waals surface area contributed by atoms with Gasteiger partial charge >= 0.3 is 5.91 Å². The highest BCUT2D eigenvalue weighted by atomic mass is 32.2. The van der Waals surface area contributed by atoms with E-state index >= 15 is 0 Å². The van der Waals surface area contributed by atoms with Crippen molar-refractivity contribution in [3.63, 3.8) is 0 Å². The molecule has 0 spiro atoms. The Morgan fingerprint density at radius 3 is 2.59 bits per heavy atom. The van der Waals surface area contributed by atoms with Crippen molar-refractivity contribution in [2.45, 2.75) is 16.1 Å². The van der Waals surface area contributed by atoms with E-state index in [4.69, 9.17) is 4.74 Å². The number of pyridine rings is 1. The van der Waals surface area contributed by atoms with Crippen LogP contribution in [0.15, 0.2) is 83.0 Å². The van der Waals surface area contributed by atoms with Crippen LogP contribution in [-0.4, -0.2) is 39.1 Å². The molecule has 0 aliphatic carbocycles. The van der Waals surface area contributed by atoms with Crippen LogP contribution >= 0.6 is 23.1 Å². The molecule has 4 aromatic rings. The number of hydrogen-bond acceptors (Lipinski definition) is 9. The van der Waals surface area contributed by atoms with E-state index in [1.54, 1.807) is 60.8 Å². The van der Waals surface area contributed by atoms with Gasteiger partial charge in [0.1, 0.15) is 17.3 Å². The van der Waals surface area contributed by atoms with E-state index in [2.05, 4.69) is 15.2 Å². The van der Waals surface area contributed by atoms with E-state index in [0.29, 0.717) is 32.5 Å². The van der Waals surface area contributed by atoms with Gasteiger partial charge in [-0.3, -0.25) is 19.5 Å². The summed E-state index contributed by atoms with van der Waals surface area (Å²) >= 11 is 2.37. The van der Waals surface area contributed by atoms with Crippen LogP contribution in [0, 0.1) is 5.82 Å². The molecule has 1 amide bonds. The number of benzene rings is 2. The molecule has 1 N–H and O–H groups in total. The minimum absolute atomic E-state index is 0.0843. The molecular weight excluding hydrogens is 515 g/mol. The fourth-order valence-electron chi connectivity index (χ4n) is 3.90. The molecular formula is C26H19FN4O4S2. The predicted molar refractivity (Wildman–Crippen MR) is 138 cm³/mol. The normalized spacial score (nSPS) is 16.8. The molecule has 0 radical (unpaired) electrons. The molecule has 0 bridgehead atoms. The lowest BCUT2D eigenvalue weighted by Gasteiger charge is -2.22. The second kappa shape index (κ2) is 10.5. The summed E-state index contributed by atoms with van der Waals surface area (Å²) in [4.78, 5) is 31.8. The average molecular weight is 535 g/mol. The Balaban J connectivity index is 1.52. The molecule has 37 heavy (non-hydrogen) atoms. The number of carbonyl (C=O) groups excluding carboxylic acids is 2. The number of thioether (sulfide) groups is 1. The van der Waals surface area contributed by atoms with Crippen molar-refractivity contribution in [3.05, 3.63) is 101 Å². The number of anilines is 1. The minimum atomic E-state index is -0.965. The van der Waals surface area contributed by atoms with Crippen LogP contribution in [0.5, 0.6) is 5.75 Å². The third-order valence-electron chi connectivity index (χ3n) is 5.72. The Labute approximate surface area is 219 Å². The Bertz CT molecular complexity index is 1490. The zero-order valence-corrected chi connectivity index (χ0v) is 21.0. The molecule has 8 nitrogen and oxygen atoms in total. The van der Waals surface area contributed by atoms with E-state index in [-0.39, 0.29) is 22.3 Å². The molecule has 1 aliphatic heterocycles. The van der Waals surface area contributed by atoms with Crippen molar-refractivity contribution in [3.8, 4) is 5.75 Å². The number of aliphatic hydroxyl groups is 1. The summed E-state index contributed by atoms with van der Waals surface area (Å²) in [6.07, 6.45) is 3.10. The Kier molecular flexibility index (Phi) is 6.97. The number of ether oxygens (including phenoxy) is 1. The zero-order valence-electron chi connectivity index (χ0n) is 19.4. The van der Waals surface area contributed by atoms with Gasteiger partial charge in [0.05, 0.1) is 18.7 Å². The Hall–Kier alpha value is -4.09. The van der Waals surface area contributed by atoms with E-state index in [0.717, 1.165) is 11.3 Å². The van der Waals surface area contributed by atoms with Crippen LogP contribution < -0.4 is 9.64 Å². The summed E-state index contributed by atoms with van der Waals surface area (Å²) in [7, 11) is 1.52. The Morgan fingerprint density at radius 1 is 1.11 bits per heavy atom. The molecule has 2 aromatic carbocycles. The van der Waals surface area contributed by atoms with Crippen LogP contribution in [0.1, 0.15) is 22.7 Å². The van der Waals surface area contributed by atoms with Crippen molar-refractivity contribution in [1.29, 1.82) is 0 Å². The minimum Gasteiger partial charge on any atom is -0.507 e. The van der Waals surface area contributed by atoms with Gasteiger partial charge in [-0.05, 0) is 47.5 Å². The second-order valence-corrected chi connectivity index (χ2v) is 10.1. The fourth-order valence-corrected chi connectivity index (χ4v) is 5.75. The number of methoxy groups -OCH3 is 1. The molecule has 186 valence electrons. The third-order valence-corrected chi connectivity index (χ3v) is 7.82. The lowest BCUT2D eigenvalue weighted by molar-refractivity contribution is -0.132. The molecule has 1 fully saturated rings. The molecule has 5 rings (SSSR count). The number of aliphatic hydroxyl groups excluding tert-OH is 1. The van der Waals surface area contributed by atoms with Gasteiger partial charge in [0, 0.05) is 23.7 Å². The van der Waals surface area contributed by atoms with Crippen LogP contribution in [0.2, 0.25) is 0 Å². The smallest absolute Gasteiger partial charge is 0.301 e. The first-order valence-corrected chi connectivity index (χ1v) is 12.8. The highest BCUT2D eigenvalue weighted by Crippen LogP contribution is 2.44. The van der Waals surface area contributed by atoms with Crippen LogP contribution in [0.25, 0.3) is 5.76 Å². The molecule has 11 heteroatoms. The first-order chi connectivity index (χ1) is 18.0. The molecule has 0 saturated carbocycles. The predicted octanol–water partition coefficient (Wildman–Crippen LogP) is 5.00. The number of nitrogens with zero attached hydrogens (tertiary/aromatic N) is 4. The number of carbonyl (C=O) groups is 2. The number of amides is 1. The first-order valence-electron chi connectivity index (χ1n) is 11.0. The SMILES string of the molecule is COc1ccc(/C(O)=C2/C(=O)C(=O)N(c3nnc(SCc4ccccc4F)s3)C2c2cccnc2)cc1. The quantitative estimate of drug-likeness (QED) is 0.116. The van der Waals surface area contributed by atoms with Crippen molar-refractivity contribution < 1.29 is 23.8 Å². The van der Waals surface area contributed by atoms with Crippen molar-refractivity contribution in [2.75, 3.05) is 12.0 Å². The monoisotopic (exact) mass is 534 g/mol. The number of Topliss-reactive ketones (excluding diaryl/α,β-unsaturated/α-hetero) is 1. The van der Waals surface area contributed by atoms with Gasteiger partial charge in [-0.1, -0.05) is 47.4 Å². The maximum Gasteiger partial charge on any atom is 0.301 e. The summed E-state index contributed by atoms with van der Waals surface area (Å²) in [5.74, 6) is -1.43. The van der Waals surface area contributed by atoms with Gasteiger partial charge in [-0.25, -0.2) is 4.39 Å².